The van der Waals surface area contributed by atoms with Gasteiger partial charge in [0.05, 0.1) is 38.9 Å². The van der Waals surface area contributed by atoms with Crippen LogP contribution in [0.4, 0.5) is 4.39 Å². The lowest BCUT2D eigenvalue weighted by Gasteiger charge is -2.09. The quantitative estimate of drug-likeness (QED) is 0.332. The van der Waals surface area contributed by atoms with Crippen molar-refractivity contribution in [2.75, 3.05) is 13.6 Å². The van der Waals surface area contributed by atoms with Crippen LogP contribution in [-0.2, 0) is 0 Å². The Labute approximate surface area is 203 Å². The SMILES string of the molecule is CNCC(=O)c1ccc2c(C(=O)c3c(Cl)cccc3Cl)cn(-c3ccc(C(=O)O)cc3F)c2c1. The molecule has 1 heterocycles. The summed E-state index contributed by atoms with van der Waals surface area (Å²) >= 11 is 12.5. The predicted octanol–water partition coefficient (Wildman–Crippen LogP) is 5.41. The summed E-state index contributed by atoms with van der Waals surface area (Å²) in [5.74, 6) is -2.75. The number of nitrogens with one attached hydrogen (secondary N) is 1. The maximum Gasteiger partial charge on any atom is 0.335 e. The third kappa shape index (κ3) is 4.21. The Kier molecular flexibility index (Phi) is 6.52. The molecule has 0 saturated carbocycles. The van der Waals surface area contributed by atoms with E-state index in [0.29, 0.717) is 16.5 Å². The minimum atomic E-state index is -1.27. The highest BCUT2D eigenvalue weighted by atomic mass is 35.5. The fourth-order valence-electron chi connectivity index (χ4n) is 3.73. The highest BCUT2D eigenvalue weighted by molar-refractivity contribution is 6.41. The van der Waals surface area contributed by atoms with E-state index in [1.807, 2.05) is 0 Å². The summed E-state index contributed by atoms with van der Waals surface area (Å²) in [5.41, 5.74) is 0.828. The van der Waals surface area contributed by atoms with Crippen LogP contribution in [0.5, 0.6) is 0 Å². The number of rotatable bonds is 7. The van der Waals surface area contributed by atoms with Crippen LogP contribution in [0.25, 0.3) is 16.6 Å². The molecule has 0 radical (unpaired) electrons. The minimum absolute atomic E-state index is 0.0116. The molecule has 4 rings (SSSR count). The maximum atomic E-state index is 15.0. The number of Topliss-reactive ketones (excluding diaryl/α,β-unsaturated/α-hetero) is 1. The Morgan fingerprint density at radius 3 is 2.29 bits per heavy atom. The molecule has 0 atom stereocenters. The number of hydrogen-bond donors (Lipinski definition) is 2. The normalized spacial score (nSPS) is 11.1. The number of hydrogen-bond acceptors (Lipinski definition) is 4. The van der Waals surface area contributed by atoms with Gasteiger partial charge in [0.15, 0.2) is 11.6 Å². The maximum absolute atomic E-state index is 15.0. The van der Waals surface area contributed by atoms with E-state index >= 15 is 0 Å². The third-order valence-electron chi connectivity index (χ3n) is 5.35. The average Bonchev–Trinajstić information content (AvgIpc) is 3.17. The fraction of sp³-hybridized carbons (Fsp3) is 0.0800. The van der Waals surface area contributed by atoms with E-state index in [1.165, 1.54) is 22.9 Å². The molecule has 0 aliphatic heterocycles. The Hall–Kier alpha value is -3.52. The van der Waals surface area contributed by atoms with Crippen LogP contribution in [0.2, 0.25) is 10.0 Å². The molecule has 9 heteroatoms. The van der Waals surface area contributed by atoms with Crippen LogP contribution in [-0.4, -0.2) is 40.8 Å². The van der Waals surface area contributed by atoms with Crippen molar-refractivity contribution in [3.8, 4) is 5.69 Å². The molecule has 0 aliphatic rings. The van der Waals surface area contributed by atoms with E-state index in [-0.39, 0.29) is 44.8 Å². The number of carbonyl (C=O) groups excluding carboxylic acids is 2. The number of likely N-dealkylation sites (N-methyl/N-ethyl adjacent to an activating group) is 1. The molecule has 0 saturated heterocycles. The summed E-state index contributed by atoms with van der Waals surface area (Å²) in [5, 5.41) is 12.7. The summed E-state index contributed by atoms with van der Waals surface area (Å²) in [6.45, 7) is 0.0922. The summed E-state index contributed by atoms with van der Waals surface area (Å²) in [4.78, 5) is 37.1. The third-order valence-corrected chi connectivity index (χ3v) is 5.98. The predicted molar refractivity (Wildman–Crippen MR) is 128 cm³/mol. The number of aromatic carboxylic acids is 1. The number of carboxylic acids is 1. The zero-order valence-corrected chi connectivity index (χ0v) is 19.2. The molecule has 0 spiro atoms. The monoisotopic (exact) mass is 498 g/mol. The molecule has 0 fully saturated rings. The number of halogens is 3. The zero-order valence-electron chi connectivity index (χ0n) is 17.7. The lowest BCUT2D eigenvalue weighted by atomic mass is 10.0. The largest absolute Gasteiger partial charge is 0.478 e. The molecule has 4 aromatic rings. The van der Waals surface area contributed by atoms with Gasteiger partial charge in [-0.3, -0.25) is 9.59 Å². The molecule has 6 nitrogen and oxygen atoms in total. The highest BCUT2D eigenvalue weighted by Crippen LogP contribution is 2.33. The van der Waals surface area contributed by atoms with Gasteiger partial charge in [0.25, 0.3) is 0 Å². The van der Waals surface area contributed by atoms with E-state index in [9.17, 15) is 18.8 Å². The number of benzene rings is 3. The molecule has 0 amide bonds. The molecular formula is C25H17Cl2FN2O4. The van der Waals surface area contributed by atoms with Crippen molar-refractivity contribution < 1.29 is 23.9 Å². The molecule has 0 unspecified atom stereocenters. The lowest BCUT2D eigenvalue weighted by molar-refractivity contribution is 0.0696. The van der Waals surface area contributed by atoms with Gasteiger partial charge in [0, 0.05) is 22.7 Å². The van der Waals surface area contributed by atoms with Gasteiger partial charge in [-0.15, -0.1) is 0 Å². The molecule has 3 aromatic carbocycles. The number of carboxylic acid groups (broad SMARTS) is 1. The second kappa shape index (κ2) is 9.38. The van der Waals surface area contributed by atoms with Crippen molar-refractivity contribution >= 4 is 51.6 Å². The van der Waals surface area contributed by atoms with Crippen LogP contribution < -0.4 is 5.32 Å². The van der Waals surface area contributed by atoms with E-state index in [1.54, 1.807) is 43.4 Å². The molecular weight excluding hydrogens is 482 g/mol. The van der Waals surface area contributed by atoms with Crippen molar-refractivity contribution in [2.24, 2.45) is 0 Å². The summed E-state index contributed by atoms with van der Waals surface area (Å²) in [6, 6.07) is 12.9. The Balaban J connectivity index is 1.98. The van der Waals surface area contributed by atoms with E-state index in [0.717, 1.165) is 6.07 Å². The second-order valence-corrected chi connectivity index (χ2v) is 8.31. The smallest absolute Gasteiger partial charge is 0.335 e. The highest BCUT2D eigenvalue weighted by Gasteiger charge is 2.23. The molecule has 0 bridgehead atoms. The molecule has 2 N–H and O–H groups in total. The van der Waals surface area contributed by atoms with Crippen LogP contribution >= 0.6 is 23.2 Å². The van der Waals surface area contributed by atoms with Crippen LogP contribution in [0, 0.1) is 5.82 Å². The Morgan fingerprint density at radius 1 is 1.00 bits per heavy atom. The molecule has 0 aliphatic carbocycles. The van der Waals surface area contributed by atoms with E-state index in [4.69, 9.17) is 28.3 Å². The van der Waals surface area contributed by atoms with Gasteiger partial charge in [-0.25, -0.2) is 9.18 Å². The van der Waals surface area contributed by atoms with E-state index < -0.39 is 17.6 Å². The summed E-state index contributed by atoms with van der Waals surface area (Å²) < 4.78 is 16.4. The van der Waals surface area contributed by atoms with Crippen molar-refractivity contribution in [1.29, 1.82) is 0 Å². The van der Waals surface area contributed by atoms with Crippen molar-refractivity contribution in [3.63, 3.8) is 0 Å². The number of aromatic nitrogens is 1. The lowest BCUT2D eigenvalue weighted by Crippen LogP contribution is -2.18. The summed E-state index contributed by atoms with van der Waals surface area (Å²) in [6.07, 6.45) is 1.43. The number of nitrogens with zero attached hydrogens (tertiary/aromatic N) is 1. The first kappa shape index (κ1) is 23.6. The molecule has 1 aromatic heterocycles. The van der Waals surface area contributed by atoms with Crippen LogP contribution in [0.1, 0.15) is 36.6 Å². The van der Waals surface area contributed by atoms with Gasteiger partial charge in [0.2, 0.25) is 0 Å². The fourth-order valence-corrected chi connectivity index (χ4v) is 4.30. The topological polar surface area (TPSA) is 88.4 Å². The minimum Gasteiger partial charge on any atom is -0.478 e. The van der Waals surface area contributed by atoms with Gasteiger partial charge in [-0.1, -0.05) is 41.4 Å². The number of carbonyl (C=O) groups is 3. The second-order valence-electron chi connectivity index (χ2n) is 7.50. The number of fused-ring (bicyclic) bond motifs is 1. The van der Waals surface area contributed by atoms with Gasteiger partial charge in [-0.2, -0.15) is 0 Å². The van der Waals surface area contributed by atoms with Crippen LogP contribution in [0.3, 0.4) is 0 Å². The Bertz CT molecular complexity index is 1460. The Morgan fingerprint density at radius 2 is 1.68 bits per heavy atom. The molecule has 172 valence electrons. The van der Waals surface area contributed by atoms with E-state index in [2.05, 4.69) is 5.32 Å². The van der Waals surface area contributed by atoms with Gasteiger partial charge in [0.1, 0.15) is 5.82 Å². The van der Waals surface area contributed by atoms with Crippen molar-refractivity contribution in [1.82, 2.24) is 9.88 Å². The average molecular weight is 499 g/mol. The first-order valence-electron chi connectivity index (χ1n) is 10.1. The van der Waals surface area contributed by atoms with Crippen molar-refractivity contribution in [2.45, 2.75) is 0 Å². The first-order valence-corrected chi connectivity index (χ1v) is 10.8. The number of ketones is 2. The van der Waals surface area contributed by atoms with Gasteiger partial charge >= 0.3 is 5.97 Å². The first-order chi connectivity index (χ1) is 16.2. The standard InChI is InChI=1S/C25H17Cl2FN2O4/c1-29-11-22(31)13-5-7-15-16(24(32)23-17(26)3-2-4-18(23)27)12-30(21(15)10-13)20-8-6-14(25(33)34)9-19(20)28/h2-10,12,29H,11H2,1H3,(H,33,34). The van der Waals surface area contributed by atoms with Crippen molar-refractivity contribution in [3.05, 3.63) is 98.9 Å². The molecule has 34 heavy (non-hydrogen) atoms. The zero-order chi connectivity index (χ0) is 24.6. The van der Waals surface area contributed by atoms with Crippen LogP contribution in [0.15, 0.2) is 60.8 Å². The van der Waals surface area contributed by atoms with Gasteiger partial charge < -0.3 is 15.0 Å². The van der Waals surface area contributed by atoms with Gasteiger partial charge in [-0.05, 0) is 43.4 Å². The summed E-state index contributed by atoms with van der Waals surface area (Å²) in [7, 11) is 1.64.